The number of halogens is 1. The third-order valence-electron chi connectivity index (χ3n) is 2.48. The van der Waals surface area contributed by atoms with Crippen molar-refractivity contribution in [1.29, 1.82) is 0 Å². The summed E-state index contributed by atoms with van der Waals surface area (Å²) in [6.07, 6.45) is 1.83. The van der Waals surface area contributed by atoms with E-state index in [1.54, 1.807) is 19.9 Å². The van der Waals surface area contributed by atoms with Crippen molar-refractivity contribution in [3.63, 3.8) is 0 Å². The molecule has 0 aliphatic heterocycles. The lowest BCUT2D eigenvalue weighted by Crippen LogP contribution is -2.40. The molecular weight excluding hydrogens is 314 g/mol. The van der Waals surface area contributed by atoms with E-state index >= 15 is 0 Å². The summed E-state index contributed by atoms with van der Waals surface area (Å²) in [7, 11) is -3.57. The maximum atomic E-state index is 12.1. The molecule has 0 aromatic carbocycles. The molecule has 0 saturated heterocycles. The van der Waals surface area contributed by atoms with Crippen molar-refractivity contribution in [2.24, 2.45) is 0 Å². The number of aliphatic hydroxyl groups excluding tert-OH is 1. The smallest absolute Gasteiger partial charge is 0.250 e. The van der Waals surface area contributed by atoms with Gasteiger partial charge in [0.15, 0.2) is 0 Å². The molecule has 0 aliphatic rings. The zero-order chi connectivity index (χ0) is 13.9. The first-order valence-corrected chi connectivity index (χ1v) is 9.20. The summed E-state index contributed by atoms with van der Waals surface area (Å²) in [5, 5.41) is 8.97. The van der Waals surface area contributed by atoms with Crippen molar-refractivity contribution in [2.45, 2.75) is 29.3 Å². The molecule has 0 radical (unpaired) electrons. The summed E-state index contributed by atoms with van der Waals surface area (Å²) in [5.74, 6) is 0. The van der Waals surface area contributed by atoms with Gasteiger partial charge in [-0.15, -0.1) is 11.3 Å². The lowest BCUT2D eigenvalue weighted by atomic mass is 10.3. The molecule has 2 unspecified atom stereocenters. The van der Waals surface area contributed by atoms with Gasteiger partial charge in [0.1, 0.15) is 4.21 Å². The Kier molecular flexibility index (Phi) is 5.95. The van der Waals surface area contributed by atoms with Crippen molar-refractivity contribution >= 4 is 44.7 Å². The number of sulfonamides is 1. The van der Waals surface area contributed by atoms with E-state index in [0.717, 1.165) is 16.9 Å². The fraction of sp³-hybridized carbons (Fsp3) is 0.600. The van der Waals surface area contributed by atoms with Crippen LogP contribution in [0, 0.1) is 6.92 Å². The summed E-state index contributed by atoms with van der Waals surface area (Å²) in [6.45, 7) is 3.42. The monoisotopic (exact) mass is 329 g/mol. The van der Waals surface area contributed by atoms with Gasteiger partial charge in [0.25, 0.3) is 0 Å². The van der Waals surface area contributed by atoms with Crippen molar-refractivity contribution in [3.05, 3.63) is 16.0 Å². The molecule has 18 heavy (non-hydrogen) atoms. The maximum absolute atomic E-state index is 12.1. The zero-order valence-corrected chi connectivity index (χ0v) is 13.5. The van der Waals surface area contributed by atoms with E-state index in [0.29, 0.717) is 4.34 Å². The van der Waals surface area contributed by atoms with E-state index in [9.17, 15) is 8.42 Å². The van der Waals surface area contributed by atoms with E-state index in [1.165, 1.54) is 11.8 Å². The first-order valence-electron chi connectivity index (χ1n) is 5.23. The van der Waals surface area contributed by atoms with Crippen molar-refractivity contribution in [2.75, 3.05) is 12.9 Å². The van der Waals surface area contributed by atoms with Crippen LogP contribution in [-0.2, 0) is 10.0 Å². The average Bonchev–Trinajstić information content (AvgIpc) is 2.61. The lowest BCUT2D eigenvalue weighted by Gasteiger charge is -2.20. The molecule has 1 aromatic rings. The molecule has 8 heteroatoms. The van der Waals surface area contributed by atoms with E-state index in [-0.39, 0.29) is 22.1 Å². The molecule has 1 aromatic heterocycles. The molecule has 4 nitrogen and oxygen atoms in total. The highest BCUT2D eigenvalue weighted by Crippen LogP contribution is 2.30. The van der Waals surface area contributed by atoms with Crippen LogP contribution in [-0.4, -0.2) is 37.7 Å². The number of hydrogen-bond acceptors (Lipinski definition) is 5. The van der Waals surface area contributed by atoms with Crippen LogP contribution in [0.5, 0.6) is 0 Å². The topological polar surface area (TPSA) is 66.4 Å². The van der Waals surface area contributed by atoms with Crippen LogP contribution in [0.1, 0.15) is 12.5 Å². The van der Waals surface area contributed by atoms with E-state index in [2.05, 4.69) is 4.72 Å². The molecule has 0 bridgehead atoms. The van der Waals surface area contributed by atoms with Gasteiger partial charge >= 0.3 is 0 Å². The fourth-order valence-corrected chi connectivity index (χ4v) is 5.10. The van der Waals surface area contributed by atoms with Crippen molar-refractivity contribution in [1.82, 2.24) is 4.72 Å². The number of hydrogen-bond donors (Lipinski definition) is 2. The molecule has 1 rings (SSSR count). The van der Waals surface area contributed by atoms with E-state index in [4.69, 9.17) is 16.7 Å². The Morgan fingerprint density at radius 3 is 2.61 bits per heavy atom. The van der Waals surface area contributed by atoms with Crippen LogP contribution in [0.25, 0.3) is 0 Å². The molecule has 0 amide bonds. The Morgan fingerprint density at radius 2 is 2.22 bits per heavy atom. The molecule has 1 heterocycles. The number of aryl methyl sites for hydroxylation is 1. The Hall–Kier alpha value is 0.210. The molecular formula is C10H16ClNO3S3. The summed E-state index contributed by atoms with van der Waals surface area (Å²) < 4.78 is 27.4. The van der Waals surface area contributed by atoms with E-state index in [1.807, 2.05) is 6.26 Å². The Bertz CT molecular complexity index is 477. The number of aliphatic hydroxyl groups is 1. The zero-order valence-electron chi connectivity index (χ0n) is 10.3. The number of thiophene rings is 1. The van der Waals surface area contributed by atoms with Gasteiger partial charge in [-0.3, -0.25) is 0 Å². The Morgan fingerprint density at radius 1 is 1.61 bits per heavy atom. The molecule has 104 valence electrons. The minimum absolute atomic E-state index is 0.0743. The highest BCUT2D eigenvalue weighted by molar-refractivity contribution is 7.99. The lowest BCUT2D eigenvalue weighted by molar-refractivity contribution is 0.282. The van der Waals surface area contributed by atoms with Crippen LogP contribution >= 0.6 is 34.7 Å². The van der Waals surface area contributed by atoms with Crippen molar-refractivity contribution in [3.8, 4) is 0 Å². The predicted octanol–water partition coefficient (Wildman–Crippen LogP) is 2.10. The van der Waals surface area contributed by atoms with Gasteiger partial charge in [-0.2, -0.15) is 11.8 Å². The maximum Gasteiger partial charge on any atom is 0.250 e. The van der Waals surface area contributed by atoms with Gasteiger partial charge in [0.05, 0.1) is 10.9 Å². The molecule has 0 spiro atoms. The predicted molar refractivity (Wildman–Crippen MR) is 78.2 cm³/mol. The summed E-state index contributed by atoms with van der Waals surface area (Å²) in [4.78, 5) is 0. The summed E-state index contributed by atoms with van der Waals surface area (Å²) in [6, 6.07) is 1.20. The number of thioether (sulfide) groups is 1. The molecule has 0 aliphatic carbocycles. The van der Waals surface area contributed by atoms with Crippen molar-refractivity contribution < 1.29 is 13.5 Å². The normalized spacial score (nSPS) is 15.6. The highest BCUT2D eigenvalue weighted by Gasteiger charge is 2.24. The van der Waals surface area contributed by atoms with Crippen LogP contribution in [0.2, 0.25) is 4.34 Å². The second-order valence-electron chi connectivity index (χ2n) is 3.89. The number of rotatable bonds is 6. The standard InChI is InChI=1S/C10H16ClNO3S3/c1-6-4-9(17-10(6)11)18(14,15)12-7(2)8(5-13)16-3/h4,7-8,12-13H,5H2,1-3H3. The quantitative estimate of drug-likeness (QED) is 0.838. The van der Waals surface area contributed by atoms with E-state index < -0.39 is 10.0 Å². The third-order valence-corrected chi connectivity index (χ3v) is 7.23. The second-order valence-corrected chi connectivity index (χ2v) is 8.56. The first-order chi connectivity index (χ1) is 8.31. The summed E-state index contributed by atoms with van der Waals surface area (Å²) in [5.41, 5.74) is 0.748. The molecule has 2 N–H and O–H groups in total. The third kappa shape index (κ3) is 3.85. The van der Waals surface area contributed by atoms with Crippen LogP contribution in [0.4, 0.5) is 0 Å². The van der Waals surface area contributed by atoms with Gasteiger partial charge in [-0.1, -0.05) is 11.6 Å². The average molecular weight is 330 g/mol. The number of nitrogens with one attached hydrogen (secondary N) is 1. The van der Waals surface area contributed by atoms with Crippen LogP contribution in [0.3, 0.4) is 0 Å². The van der Waals surface area contributed by atoms with Gasteiger partial charge in [-0.25, -0.2) is 13.1 Å². The van der Waals surface area contributed by atoms with Crippen LogP contribution in [0.15, 0.2) is 10.3 Å². The molecule has 0 fully saturated rings. The first kappa shape index (κ1) is 16.3. The second kappa shape index (κ2) is 6.58. The fourth-order valence-electron chi connectivity index (χ4n) is 1.38. The largest absolute Gasteiger partial charge is 0.395 e. The molecule has 0 saturated carbocycles. The highest BCUT2D eigenvalue weighted by atomic mass is 35.5. The minimum Gasteiger partial charge on any atom is -0.395 e. The molecule has 2 atom stereocenters. The van der Waals surface area contributed by atoms with Gasteiger partial charge in [-0.05, 0) is 31.7 Å². The summed E-state index contributed by atoms with van der Waals surface area (Å²) >= 11 is 8.33. The van der Waals surface area contributed by atoms with Crippen LogP contribution < -0.4 is 4.72 Å². The Balaban J connectivity index is 2.88. The SMILES string of the molecule is CSC(CO)C(C)NS(=O)(=O)c1cc(C)c(Cl)s1. The van der Waals surface area contributed by atoms with Gasteiger partial charge in [0, 0.05) is 11.3 Å². The van der Waals surface area contributed by atoms with Gasteiger partial charge in [0.2, 0.25) is 10.0 Å². The minimum atomic E-state index is -3.57. The Labute approximate surface area is 121 Å². The van der Waals surface area contributed by atoms with Gasteiger partial charge < -0.3 is 5.11 Å².